The molecule has 0 aromatic heterocycles. The lowest BCUT2D eigenvalue weighted by Gasteiger charge is -2.26. The lowest BCUT2D eigenvalue weighted by atomic mass is 10.2. The summed E-state index contributed by atoms with van der Waals surface area (Å²) in [5, 5.41) is 8.83. The SMILES string of the molecule is CCOC(=O)[C@@H]1CN(c2ccc(C#N)c(Cl)c2)[C@@H](C(F)(F)F)O1. The molecule has 1 heterocycles. The molecule has 0 radical (unpaired) electrons. The van der Waals surface area contributed by atoms with Crippen LogP contribution in [0, 0.1) is 11.3 Å². The predicted molar refractivity (Wildman–Crippen MR) is 74.9 cm³/mol. The maximum absolute atomic E-state index is 13.2. The van der Waals surface area contributed by atoms with Gasteiger partial charge >= 0.3 is 12.1 Å². The van der Waals surface area contributed by atoms with Gasteiger partial charge in [-0.2, -0.15) is 18.4 Å². The number of carbonyl (C=O) groups is 1. The number of carbonyl (C=O) groups excluding carboxylic acids is 1. The number of nitrogens with zero attached hydrogens (tertiary/aromatic N) is 2. The van der Waals surface area contributed by atoms with Gasteiger partial charge in [-0.1, -0.05) is 11.6 Å². The van der Waals surface area contributed by atoms with E-state index in [1.807, 2.05) is 6.07 Å². The molecule has 0 unspecified atom stereocenters. The Labute approximate surface area is 135 Å². The molecule has 1 aromatic rings. The van der Waals surface area contributed by atoms with Crippen molar-refractivity contribution in [3.8, 4) is 6.07 Å². The number of hydrogen-bond donors (Lipinski definition) is 0. The van der Waals surface area contributed by atoms with Crippen molar-refractivity contribution in [2.24, 2.45) is 0 Å². The third-order valence-electron chi connectivity index (χ3n) is 3.17. The maximum atomic E-state index is 13.2. The number of hydrogen-bond acceptors (Lipinski definition) is 5. The van der Waals surface area contributed by atoms with Gasteiger partial charge in [-0.3, -0.25) is 0 Å². The fraction of sp³-hybridized carbons (Fsp3) is 0.429. The van der Waals surface area contributed by atoms with E-state index in [4.69, 9.17) is 26.3 Å². The topological polar surface area (TPSA) is 62.6 Å². The summed E-state index contributed by atoms with van der Waals surface area (Å²) in [5.41, 5.74) is 0.240. The molecule has 2 rings (SSSR count). The fourth-order valence-corrected chi connectivity index (χ4v) is 2.40. The highest BCUT2D eigenvalue weighted by molar-refractivity contribution is 6.32. The van der Waals surface area contributed by atoms with E-state index in [9.17, 15) is 18.0 Å². The zero-order valence-corrected chi connectivity index (χ0v) is 12.7. The smallest absolute Gasteiger partial charge is 0.433 e. The number of ether oxygens (including phenoxy) is 2. The first-order chi connectivity index (χ1) is 10.8. The Balaban J connectivity index is 2.32. The van der Waals surface area contributed by atoms with Gasteiger partial charge in [0.1, 0.15) is 6.07 Å². The zero-order valence-electron chi connectivity index (χ0n) is 11.9. The molecule has 124 valence electrons. The van der Waals surface area contributed by atoms with Crippen molar-refractivity contribution in [1.29, 1.82) is 5.26 Å². The summed E-state index contributed by atoms with van der Waals surface area (Å²) < 4.78 is 49.0. The van der Waals surface area contributed by atoms with Crippen LogP contribution in [-0.2, 0) is 14.3 Å². The average molecular weight is 349 g/mol. The number of rotatable bonds is 3. The van der Waals surface area contributed by atoms with Crippen LogP contribution in [-0.4, -0.2) is 37.6 Å². The number of alkyl halides is 3. The largest absolute Gasteiger partial charge is 0.464 e. The Hall–Kier alpha value is -1.98. The van der Waals surface area contributed by atoms with E-state index in [1.165, 1.54) is 18.2 Å². The minimum absolute atomic E-state index is 0.0190. The predicted octanol–water partition coefficient (Wildman–Crippen LogP) is 2.87. The number of anilines is 1. The van der Waals surface area contributed by atoms with E-state index in [0.717, 1.165) is 4.90 Å². The van der Waals surface area contributed by atoms with Crippen LogP contribution in [0.25, 0.3) is 0 Å². The second kappa shape index (κ2) is 6.64. The second-order valence-corrected chi connectivity index (χ2v) is 5.11. The molecule has 0 saturated carbocycles. The van der Waals surface area contributed by atoms with Crippen LogP contribution >= 0.6 is 11.6 Å². The standard InChI is InChI=1S/C14H12ClF3N2O3/c1-2-22-12(21)11-7-20(13(23-11)14(16,17)18)9-4-3-8(6-19)10(15)5-9/h3-5,11,13H,2,7H2,1H3/t11-,13+/m0/s1. The maximum Gasteiger partial charge on any atom is 0.433 e. The third-order valence-corrected chi connectivity index (χ3v) is 3.49. The first-order valence-electron chi connectivity index (χ1n) is 6.63. The molecule has 0 aliphatic carbocycles. The molecule has 1 aliphatic rings. The van der Waals surface area contributed by atoms with Gasteiger partial charge in [0, 0.05) is 5.69 Å². The first kappa shape index (κ1) is 17.4. The molecular weight excluding hydrogens is 337 g/mol. The summed E-state index contributed by atoms with van der Waals surface area (Å²) in [5.74, 6) is -0.857. The Bertz CT molecular complexity index is 645. The molecule has 0 bridgehead atoms. The minimum atomic E-state index is -4.71. The molecule has 1 aliphatic heterocycles. The number of esters is 1. The molecule has 0 spiro atoms. The summed E-state index contributed by atoms with van der Waals surface area (Å²) >= 11 is 5.86. The van der Waals surface area contributed by atoms with Crippen LogP contribution < -0.4 is 4.90 Å². The lowest BCUT2D eigenvalue weighted by Crippen LogP contribution is -2.42. The summed E-state index contributed by atoms with van der Waals surface area (Å²) in [6.07, 6.45) is -8.35. The third kappa shape index (κ3) is 3.68. The summed E-state index contributed by atoms with van der Waals surface area (Å²) in [4.78, 5) is 12.5. The number of nitriles is 1. The molecule has 1 fully saturated rings. The van der Waals surface area contributed by atoms with E-state index in [-0.39, 0.29) is 29.4 Å². The van der Waals surface area contributed by atoms with Crippen molar-refractivity contribution in [3.63, 3.8) is 0 Å². The lowest BCUT2D eigenvalue weighted by molar-refractivity contribution is -0.216. The van der Waals surface area contributed by atoms with Crippen molar-refractivity contribution in [1.82, 2.24) is 0 Å². The Morgan fingerprint density at radius 2 is 2.26 bits per heavy atom. The Morgan fingerprint density at radius 1 is 1.57 bits per heavy atom. The normalized spacial score (nSPS) is 21.1. The highest BCUT2D eigenvalue weighted by Crippen LogP contribution is 2.36. The Kier molecular flexibility index (Phi) is 5.02. The van der Waals surface area contributed by atoms with Crippen LogP contribution in [0.4, 0.5) is 18.9 Å². The van der Waals surface area contributed by atoms with Gasteiger partial charge in [0.2, 0.25) is 6.23 Å². The molecule has 9 heteroatoms. The quantitative estimate of drug-likeness (QED) is 0.786. The highest BCUT2D eigenvalue weighted by atomic mass is 35.5. The summed E-state index contributed by atoms with van der Waals surface area (Å²) in [7, 11) is 0. The van der Waals surface area contributed by atoms with Crippen molar-refractivity contribution in [3.05, 3.63) is 28.8 Å². The molecule has 0 N–H and O–H groups in total. The Morgan fingerprint density at radius 3 is 2.78 bits per heavy atom. The number of benzene rings is 1. The van der Waals surface area contributed by atoms with Crippen molar-refractivity contribution < 1.29 is 27.4 Å². The first-order valence-corrected chi connectivity index (χ1v) is 7.00. The van der Waals surface area contributed by atoms with Gasteiger partial charge in [0.15, 0.2) is 6.10 Å². The van der Waals surface area contributed by atoms with Gasteiger partial charge in [0.25, 0.3) is 0 Å². The van der Waals surface area contributed by atoms with Gasteiger partial charge in [-0.15, -0.1) is 0 Å². The highest BCUT2D eigenvalue weighted by Gasteiger charge is 2.52. The monoisotopic (exact) mass is 348 g/mol. The van der Waals surface area contributed by atoms with Crippen LogP contribution in [0.5, 0.6) is 0 Å². The molecule has 5 nitrogen and oxygen atoms in total. The molecular formula is C14H12ClF3N2O3. The van der Waals surface area contributed by atoms with Crippen molar-refractivity contribution >= 4 is 23.3 Å². The average Bonchev–Trinajstić information content (AvgIpc) is 2.93. The number of halogens is 4. The van der Waals surface area contributed by atoms with E-state index >= 15 is 0 Å². The van der Waals surface area contributed by atoms with Crippen molar-refractivity contribution in [2.75, 3.05) is 18.1 Å². The van der Waals surface area contributed by atoms with Crippen LogP contribution in [0.2, 0.25) is 5.02 Å². The van der Waals surface area contributed by atoms with E-state index in [1.54, 1.807) is 6.92 Å². The van der Waals surface area contributed by atoms with E-state index in [2.05, 4.69) is 0 Å². The van der Waals surface area contributed by atoms with Gasteiger partial charge in [-0.25, -0.2) is 4.79 Å². The van der Waals surface area contributed by atoms with Crippen LogP contribution in [0.1, 0.15) is 12.5 Å². The molecule has 1 aromatic carbocycles. The summed E-state index contributed by atoms with van der Waals surface area (Å²) in [6.45, 7) is 1.26. The van der Waals surface area contributed by atoms with Crippen molar-refractivity contribution in [2.45, 2.75) is 25.4 Å². The van der Waals surface area contributed by atoms with Gasteiger partial charge < -0.3 is 14.4 Å². The van der Waals surface area contributed by atoms with E-state index < -0.39 is 24.5 Å². The minimum Gasteiger partial charge on any atom is -0.464 e. The molecule has 1 saturated heterocycles. The molecule has 23 heavy (non-hydrogen) atoms. The molecule has 0 amide bonds. The van der Waals surface area contributed by atoms with Crippen LogP contribution in [0.3, 0.4) is 0 Å². The summed E-state index contributed by atoms with van der Waals surface area (Å²) in [6, 6.07) is 5.68. The zero-order chi connectivity index (χ0) is 17.2. The van der Waals surface area contributed by atoms with E-state index in [0.29, 0.717) is 0 Å². The molecule has 2 atom stereocenters. The fourth-order valence-electron chi connectivity index (χ4n) is 2.18. The van der Waals surface area contributed by atoms with Gasteiger partial charge in [0.05, 0.1) is 23.7 Å². The van der Waals surface area contributed by atoms with Gasteiger partial charge in [-0.05, 0) is 25.1 Å². The van der Waals surface area contributed by atoms with Crippen LogP contribution in [0.15, 0.2) is 18.2 Å². The second-order valence-electron chi connectivity index (χ2n) is 4.70.